The zero-order valence-corrected chi connectivity index (χ0v) is 20.3. The van der Waals surface area contributed by atoms with Crippen LogP contribution in [-0.4, -0.2) is 65.7 Å². The summed E-state index contributed by atoms with van der Waals surface area (Å²) in [6.45, 7) is 6.93. The fraction of sp³-hybridized carbons (Fsp3) is 0.458. The average Bonchev–Trinajstić information content (AvgIpc) is 2.81. The highest BCUT2D eigenvalue weighted by Crippen LogP contribution is 2.23. The number of amides is 1. The number of benzene rings is 2. The topological polar surface area (TPSA) is 97.0 Å². The van der Waals surface area contributed by atoms with Crippen LogP contribution in [0.1, 0.15) is 29.2 Å². The summed E-state index contributed by atoms with van der Waals surface area (Å²) in [6.07, 6.45) is 0.0581. The molecule has 1 saturated heterocycles. The van der Waals surface area contributed by atoms with Gasteiger partial charge in [-0.1, -0.05) is 24.3 Å². The van der Waals surface area contributed by atoms with E-state index in [4.69, 9.17) is 9.47 Å². The number of nitrogens with zero attached hydrogens (tertiary/aromatic N) is 1. The van der Waals surface area contributed by atoms with E-state index < -0.39 is 10.0 Å². The second kappa shape index (κ2) is 11.6. The van der Waals surface area contributed by atoms with E-state index in [9.17, 15) is 13.2 Å². The zero-order valence-electron chi connectivity index (χ0n) is 19.5. The van der Waals surface area contributed by atoms with Gasteiger partial charge >= 0.3 is 0 Å². The molecule has 0 bridgehead atoms. The highest BCUT2D eigenvalue weighted by atomic mass is 32.2. The summed E-state index contributed by atoms with van der Waals surface area (Å²) in [5.74, 6) is 0.574. The van der Waals surface area contributed by atoms with Crippen LogP contribution in [0.15, 0.2) is 47.4 Å². The second-order valence-electron chi connectivity index (χ2n) is 8.16. The molecule has 0 spiro atoms. The Bertz CT molecular complexity index is 1030. The first-order valence-corrected chi connectivity index (χ1v) is 12.6. The maximum Gasteiger partial charge on any atom is 0.240 e. The molecule has 1 aliphatic rings. The van der Waals surface area contributed by atoms with Crippen LogP contribution in [0, 0.1) is 13.8 Å². The molecule has 1 aliphatic heterocycles. The van der Waals surface area contributed by atoms with E-state index in [0.717, 1.165) is 30.0 Å². The number of ether oxygens (including phenoxy) is 2. The molecule has 1 atom stereocenters. The predicted molar refractivity (Wildman–Crippen MR) is 127 cm³/mol. The van der Waals surface area contributed by atoms with Crippen molar-refractivity contribution in [1.29, 1.82) is 0 Å². The average molecular weight is 476 g/mol. The molecular weight excluding hydrogens is 442 g/mol. The lowest BCUT2D eigenvalue weighted by molar-refractivity contribution is -0.121. The number of nitrogens with one attached hydrogen (secondary N) is 2. The van der Waals surface area contributed by atoms with Gasteiger partial charge < -0.3 is 14.8 Å². The number of methoxy groups -OCH3 is 1. The molecule has 1 unspecified atom stereocenters. The molecule has 1 heterocycles. The van der Waals surface area contributed by atoms with Gasteiger partial charge in [-0.15, -0.1) is 0 Å². The van der Waals surface area contributed by atoms with Crippen molar-refractivity contribution in [3.05, 3.63) is 59.2 Å². The summed E-state index contributed by atoms with van der Waals surface area (Å²) in [4.78, 5) is 15.0. The smallest absolute Gasteiger partial charge is 0.240 e. The standard InChI is InChI=1S/C24H33N3O5S/c1-18-4-5-19(2)23(16-18)33(29,30)26-11-10-24(28)25-17-22(27-12-14-32-15-13-27)20-6-8-21(31-3)9-7-20/h4-9,16,22,26H,10-15,17H2,1-3H3,(H,25,28). The van der Waals surface area contributed by atoms with Crippen LogP contribution in [0.5, 0.6) is 5.75 Å². The summed E-state index contributed by atoms with van der Waals surface area (Å²) in [5.41, 5.74) is 2.62. The lowest BCUT2D eigenvalue weighted by Crippen LogP contribution is -2.44. The Morgan fingerprint density at radius 2 is 1.82 bits per heavy atom. The molecule has 8 nitrogen and oxygen atoms in total. The largest absolute Gasteiger partial charge is 0.497 e. The van der Waals surface area contributed by atoms with Crippen molar-refractivity contribution in [3.8, 4) is 5.75 Å². The summed E-state index contributed by atoms with van der Waals surface area (Å²) < 4.78 is 38.5. The minimum absolute atomic E-state index is 0.00427. The van der Waals surface area contributed by atoms with E-state index in [1.54, 1.807) is 26.2 Å². The van der Waals surface area contributed by atoms with Crippen LogP contribution in [0.4, 0.5) is 0 Å². The molecule has 0 saturated carbocycles. The van der Waals surface area contributed by atoms with Gasteiger partial charge in [-0.25, -0.2) is 13.1 Å². The number of carbonyl (C=O) groups excluding carboxylic acids is 1. The van der Waals surface area contributed by atoms with E-state index in [0.29, 0.717) is 25.3 Å². The van der Waals surface area contributed by atoms with Gasteiger partial charge in [-0.2, -0.15) is 0 Å². The summed E-state index contributed by atoms with van der Waals surface area (Å²) >= 11 is 0. The van der Waals surface area contributed by atoms with Crippen molar-refractivity contribution >= 4 is 15.9 Å². The number of hydrogen-bond donors (Lipinski definition) is 2. The zero-order chi connectivity index (χ0) is 23.8. The quantitative estimate of drug-likeness (QED) is 0.547. The first-order valence-electron chi connectivity index (χ1n) is 11.1. The number of rotatable bonds is 10. The fourth-order valence-electron chi connectivity index (χ4n) is 3.85. The van der Waals surface area contributed by atoms with Crippen LogP contribution >= 0.6 is 0 Å². The van der Waals surface area contributed by atoms with Crippen LogP contribution in [0.3, 0.4) is 0 Å². The molecule has 180 valence electrons. The molecular formula is C24H33N3O5S. The maximum absolute atomic E-state index is 12.6. The molecule has 0 aliphatic carbocycles. The van der Waals surface area contributed by atoms with Gasteiger partial charge in [0.2, 0.25) is 15.9 Å². The monoisotopic (exact) mass is 475 g/mol. The van der Waals surface area contributed by atoms with E-state index in [1.807, 2.05) is 37.3 Å². The van der Waals surface area contributed by atoms with E-state index >= 15 is 0 Å². The van der Waals surface area contributed by atoms with Crippen molar-refractivity contribution in [1.82, 2.24) is 14.9 Å². The Morgan fingerprint density at radius 1 is 1.12 bits per heavy atom. The molecule has 1 fully saturated rings. The predicted octanol–water partition coefficient (Wildman–Crippen LogP) is 2.17. The minimum atomic E-state index is -3.67. The van der Waals surface area contributed by atoms with Crippen molar-refractivity contribution in [2.45, 2.75) is 31.2 Å². The van der Waals surface area contributed by atoms with Gasteiger partial charge in [0, 0.05) is 32.6 Å². The molecule has 2 aromatic carbocycles. The Kier molecular flexibility index (Phi) is 8.85. The van der Waals surface area contributed by atoms with Crippen LogP contribution < -0.4 is 14.8 Å². The molecule has 33 heavy (non-hydrogen) atoms. The third-order valence-electron chi connectivity index (χ3n) is 5.76. The first kappa shape index (κ1) is 25.2. The Hall–Kier alpha value is -2.46. The molecule has 0 radical (unpaired) electrons. The highest BCUT2D eigenvalue weighted by molar-refractivity contribution is 7.89. The molecule has 2 aromatic rings. The molecule has 3 rings (SSSR count). The van der Waals surface area contributed by atoms with Gasteiger partial charge in [0.15, 0.2) is 0 Å². The van der Waals surface area contributed by atoms with Crippen LogP contribution in [0.25, 0.3) is 0 Å². The van der Waals surface area contributed by atoms with Crippen LogP contribution in [-0.2, 0) is 19.6 Å². The molecule has 2 N–H and O–H groups in total. The van der Waals surface area contributed by atoms with Crippen molar-refractivity contribution in [2.75, 3.05) is 46.5 Å². The third kappa shape index (κ3) is 7.01. The van der Waals surface area contributed by atoms with Crippen molar-refractivity contribution in [2.24, 2.45) is 0 Å². The number of carbonyl (C=O) groups is 1. The summed E-state index contributed by atoms with van der Waals surface area (Å²) in [6, 6.07) is 13.1. The first-order chi connectivity index (χ1) is 15.8. The van der Waals surface area contributed by atoms with Gasteiger partial charge in [-0.05, 0) is 48.7 Å². The van der Waals surface area contributed by atoms with Gasteiger partial charge in [-0.3, -0.25) is 9.69 Å². The lowest BCUT2D eigenvalue weighted by atomic mass is 10.0. The number of morpholine rings is 1. The van der Waals surface area contributed by atoms with E-state index in [-0.39, 0.29) is 29.8 Å². The Balaban J connectivity index is 1.56. The number of hydrogen-bond acceptors (Lipinski definition) is 6. The summed E-state index contributed by atoms with van der Waals surface area (Å²) in [5, 5.41) is 2.97. The van der Waals surface area contributed by atoms with Crippen molar-refractivity contribution < 1.29 is 22.7 Å². The van der Waals surface area contributed by atoms with Gasteiger partial charge in [0.1, 0.15) is 5.75 Å². The van der Waals surface area contributed by atoms with Crippen molar-refractivity contribution in [3.63, 3.8) is 0 Å². The summed E-state index contributed by atoms with van der Waals surface area (Å²) in [7, 11) is -2.04. The number of aryl methyl sites for hydroxylation is 2. The molecule has 9 heteroatoms. The van der Waals surface area contributed by atoms with Crippen LogP contribution in [0.2, 0.25) is 0 Å². The Labute approximate surface area is 196 Å². The van der Waals surface area contributed by atoms with Gasteiger partial charge in [0.05, 0.1) is 31.3 Å². The number of sulfonamides is 1. The highest BCUT2D eigenvalue weighted by Gasteiger charge is 2.23. The SMILES string of the molecule is COc1ccc(C(CNC(=O)CCNS(=O)(=O)c2cc(C)ccc2C)N2CCOCC2)cc1. The second-order valence-corrected chi connectivity index (χ2v) is 9.89. The minimum Gasteiger partial charge on any atom is -0.497 e. The Morgan fingerprint density at radius 3 is 2.48 bits per heavy atom. The molecule has 0 aromatic heterocycles. The third-order valence-corrected chi connectivity index (χ3v) is 7.36. The maximum atomic E-state index is 12.6. The normalized spacial score (nSPS) is 15.7. The lowest BCUT2D eigenvalue weighted by Gasteiger charge is -2.35. The van der Waals surface area contributed by atoms with E-state index in [2.05, 4.69) is 14.9 Å². The molecule has 1 amide bonds. The fourth-order valence-corrected chi connectivity index (χ4v) is 5.20. The van der Waals surface area contributed by atoms with E-state index in [1.165, 1.54) is 0 Å². The van der Waals surface area contributed by atoms with Gasteiger partial charge in [0.25, 0.3) is 0 Å².